The summed E-state index contributed by atoms with van der Waals surface area (Å²) in [6, 6.07) is 9.43. The summed E-state index contributed by atoms with van der Waals surface area (Å²) in [6.45, 7) is 3.81. The lowest BCUT2D eigenvalue weighted by Crippen LogP contribution is -2.39. The van der Waals surface area contributed by atoms with E-state index in [9.17, 15) is 4.79 Å². The van der Waals surface area contributed by atoms with E-state index in [4.69, 9.17) is 10.00 Å². The zero-order chi connectivity index (χ0) is 18.4. The van der Waals surface area contributed by atoms with Gasteiger partial charge in [-0.1, -0.05) is 0 Å². The number of aromatic nitrogens is 2. The third-order valence-corrected chi connectivity index (χ3v) is 4.34. The van der Waals surface area contributed by atoms with Crippen molar-refractivity contribution in [3.8, 4) is 6.07 Å². The lowest BCUT2D eigenvalue weighted by molar-refractivity contribution is 0.0527. The summed E-state index contributed by atoms with van der Waals surface area (Å²) >= 11 is 0. The number of ether oxygens (including phenoxy) is 1. The molecule has 1 N–H and O–H groups in total. The molecule has 1 fully saturated rings. The van der Waals surface area contributed by atoms with Crippen LogP contribution >= 0.6 is 0 Å². The van der Waals surface area contributed by atoms with Crippen LogP contribution in [0.15, 0.2) is 36.7 Å². The fraction of sp³-hybridized carbons (Fsp3) is 0.368. The highest BCUT2D eigenvalue weighted by Crippen LogP contribution is 2.22. The molecule has 3 heterocycles. The van der Waals surface area contributed by atoms with Gasteiger partial charge in [0.05, 0.1) is 12.2 Å². The number of carbonyl (C=O) groups excluding carboxylic acids is 1. The van der Waals surface area contributed by atoms with Crippen LogP contribution in [0.3, 0.4) is 0 Å². The number of pyridine rings is 2. The molecule has 1 aliphatic rings. The minimum atomic E-state index is -0.359. The highest BCUT2D eigenvalue weighted by atomic mass is 16.5. The van der Waals surface area contributed by atoms with Crippen LogP contribution in [0.4, 0.5) is 11.6 Å². The molecule has 2 aromatic heterocycles. The normalized spacial score (nSPS) is 14.5. The van der Waals surface area contributed by atoms with Crippen molar-refractivity contribution in [2.24, 2.45) is 0 Å². The Morgan fingerprint density at radius 3 is 2.81 bits per heavy atom. The molecular weight excluding hydrogens is 330 g/mol. The standard InChI is InChI=1S/C19H21N5O2/c1-2-26-19(25)16-4-3-9-21-18(16)23-15-7-10-24(11-8-15)17-6-5-14(12-20)13-22-17/h3-6,9,13,15H,2,7-8,10-11H2,1H3,(H,21,23). The van der Waals surface area contributed by atoms with Gasteiger partial charge < -0.3 is 15.0 Å². The highest BCUT2D eigenvalue weighted by molar-refractivity contribution is 5.94. The molecule has 7 nitrogen and oxygen atoms in total. The Bertz CT molecular complexity index is 792. The Hall–Kier alpha value is -3.14. The van der Waals surface area contributed by atoms with Crippen molar-refractivity contribution in [2.45, 2.75) is 25.8 Å². The van der Waals surface area contributed by atoms with Gasteiger partial charge in [-0.05, 0) is 44.0 Å². The first-order valence-corrected chi connectivity index (χ1v) is 8.71. The molecular formula is C19H21N5O2. The van der Waals surface area contributed by atoms with Gasteiger partial charge in [-0.2, -0.15) is 5.26 Å². The Labute approximate surface area is 152 Å². The third kappa shape index (κ3) is 4.09. The van der Waals surface area contributed by atoms with Gasteiger partial charge in [0.15, 0.2) is 0 Å². The topological polar surface area (TPSA) is 91.1 Å². The summed E-state index contributed by atoms with van der Waals surface area (Å²) in [7, 11) is 0. The Balaban J connectivity index is 1.61. The van der Waals surface area contributed by atoms with Crippen LogP contribution in [-0.2, 0) is 4.74 Å². The minimum Gasteiger partial charge on any atom is -0.462 e. The number of hydrogen-bond donors (Lipinski definition) is 1. The Kier molecular flexibility index (Phi) is 5.64. The average molecular weight is 351 g/mol. The molecule has 0 radical (unpaired) electrons. The summed E-state index contributed by atoms with van der Waals surface area (Å²) in [5.41, 5.74) is 1.03. The van der Waals surface area contributed by atoms with E-state index in [1.165, 1.54) is 0 Å². The molecule has 26 heavy (non-hydrogen) atoms. The number of rotatable bonds is 5. The zero-order valence-corrected chi connectivity index (χ0v) is 14.7. The number of hydrogen-bond acceptors (Lipinski definition) is 7. The fourth-order valence-corrected chi connectivity index (χ4v) is 2.98. The molecule has 0 saturated carbocycles. The summed E-state index contributed by atoms with van der Waals surface area (Å²) in [6.07, 6.45) is 5.07. The van der Waals surface area contributed by atoms with Crippen molar-refractivity contribution in [1.29, 1.82) is 5.26 Å². The molecule has 0 unspecified atom stereocenters. The lowest BCUT2D eigenvalue weighted by atomic mass is 10.0. The number of carbonyl (C=O) groups is 1. The van der Waals surface area contributed by atoms with Gasteiger partial charge in [0.2, 0.25) is 0 Å². The highest BCUT2D eigenvalue weighted by Gasteiger charge is 2.22. The van der Waals surface area contributed by atoms with Crippen LogP contribution in [0.2, 0.25) is 0 Å². The molecule has 0 amide bonds. The van der Waals surface area contributed by atoms with Gasteiger partial charge in [-0.15, -0.1) is 0 Å². The number of anilines is 2. The second kappa shape index (κ2) is 8.30. The first-order valence-electron chi connectivity index (χ1n) is 8.71. The van der Waals surface area contributed by atoms with E-state index in [2.05, 4.69) is 26.3 Å². The molecule has 0 aromatic carbocycles. The average Bonchev–Trinajstić information content (AvgIpc) is 2.69. The monoisotopic (exact) mass is 351 g/mol. The molecule has 0 spiro atoms. The molecule has 134 valence electrons. The van der Waals surface area contributed by atoms with Crippen LogP contribution in [0.25, 0.3) is 0 Å². The SMILES string of the molecule is CCOC(=O)c1cccnc1NC1CCN(c2ccc(C#N)cn2)CC1. The van der Waals surface area contributed by atoms with E-state index in [-0.39, 0.29) is 12.0 Å². The van der Waals surface area contributed by atoms with Crippen molar-refractivity contribution >= 4 is 17.6 Å². The number of piperidine rings is 1. The molecule has 3 rings (SSSR count). The molecule has 2 aromatic rings. The molecule has 1 aliphatic heterocycles. The number of nitrogens with one attached hydrogen (secondary N) is 1. The molecule has 7 heteroatoms. The molecule has 0 bridgehead atoms. The molecule has 0 aliphatic carbocycles. The zero-order valence-electron chi connectivity index (χ0n) is 14.7. The first kappa shape index (κ1) is 17.7. The van der Waals surface area contributed by atoms with Crippen LogP contribution in [0, 0.1) is 11.3 Å². The summed E-state index contributed by atoms with van der Waals surface area (Å²) in [5.74, 6) is 1.09. The quantitative estimate of drug-likeness (QED) is 0.828. The van der Waals surface area contributed by atoms with Crippen molar-refractivity contribution in [3.63, 3.8) is 0 Å². The maximum atomic E-state index is 12.1. The third-order valence-electron chi connectivity index (χ3n) is 4.34. The van der Waals surface area contributed by atoms with Gasteiger partial charge in [0, 0.05) is 31.5 Å². The summed E-state index contributed by atoms with van der Waals surface area (Å²) in [4.78, 5) is 22.9. The van der Waals surface area contributed by atoms with Crippen molar-refractivity contribution in [1.82, 2.24) is 9.97 Å². The fourth-order valence-electron chi connectivity index (χ4n) is 2.98. The predicted octanol–water partition coefficient (Wildman–Crippen LogP) is 2.61. The molecule has 0 atom stereocenters. The summed E-state index contributed by atoms with van der Waals surface area (Å²) in [5, 5.41) is 12.2. The van der Waals surface area contributed by atoms with Gasteiger partial charge >= 0.3 is 5.97 Å². The molecule has 1 saturated heterocycles. The Morgan fingerprint density at radius 2 is 2.15 bits per heavy atom. The second-order valence-electron chi connectivity index (χ2n) is 6.04. The minimum absolute atomic E-state index is 0.229. The van der Waals surface area contributed by atoms with Gasteiger partial charge in [0.1, 0.15) is 23.3 Å². The van der Waals surface area contributed by atoms with E-state index in [0.717, 1.165) is 31.7 Å². The second-order valence-corrected chi connectivity index (χ2v) is 6.04. The van der Waals surface area contributed by atoms with Gasteiger partial charge in [0.25, 0.3) is 0 Å². The van der Waals surface area contributed by atoms with Gasteiger partial charge in [-0.3, -0.25) is 0 Å². The maximum absolute atomic E-state index is 12.1. The van der Waals surface area contributed by atoms with E-state index in [1.807, 2.05) is 6.07 Å². The van der Waals surface area contributed by atoms with Crippen molar-refractivity contribution in [2.75, 3.05) is 29.9 Å². The van der Waals surface area contributed by atoms with Crippen LogP contribution in [0.5, 0.6) is 0 Å². The number of esters is 1. The van der Waals surface area contributed by atoms with Crippen LogP contribution in [0.1, 0.15) is 35.7 Å². The largest absolute Gasteiger partial charge is 0.462 e. The summed E-state index contributed by atoms with van der Waals surface area (Å²) < 4.78 is 5.09. The van der Waals surface area contributed by atoms with Crippen LogP contribution in [-0.4, -0.2) is 41.7 Å². The van der Waals surface area contributed by atoms with E-state index >= 15 is 0 Å². The maximum Gasteiger partial charge on any atom is 0.341 e. The number of nitriles is 1. The first-order chi connectivity index (χ1) is 12.7. The van der Waals surface area contributed by atoms with Crippen LogP contribution < -0.4 is 10.2 Å². The van der Waals surface area contributed by atoms with Crippen molar-refractivity contribution < 1.29 is 9.53 Å². The van der Waals surface area contributed by atoms with E-state index in [1.54, 1.807) is 37.5 Å². The Morgan fingerprint density at radius 1 is 1.35 bits per heavy atom. The van der Waals surface area contributed by atoms with Crippen molar-refractivity contribution in [3.05, 3.63) is 47.8 Å². The van der Waals surface area contributed by atoms with E-state index < -0.39 is 0 Å². The predicted molar refractivity (Wildman–Crippen MR) is 98.0 cm³/mol. The lowest BCUT2D eigenvalue weighted by Gasteiger charge is -2.33. The van der Waals surface area contributed by atoms with E-state index in [0.29, 0.717) is 23.6 Å². The smallest absolute Gasteiger partial charge is 0.341 e. The van der Waals surface area contributed by atoms with Gasteiger partial charge in [-0.25, -0.2) is 14.8 Å². The number of nitrogens with zero attached hydrogens (tertiary/aromatic N) is 4.